The highest BCUT2D eigenvalue weighted by atomic mass is 16.5. The smallest absolute Gasteiger partial charge is 0.315 e. The summed E-state index contributed by atoms with van der Waals surface area (Å²) in [6.45, 7) is 3.93. The Labute approximate surface area is 100 Å². The number of ether oxygens (including phenoxy) is 1. The normalized spacial score (nSPS) is 10.5. The largest absolute Gasteiger partial charge is 0.468 e. The molecule has 0 amide bonds. The van der Waals surface area contributed by atoms with E-state index in [1.807, 2.05) is 24.3 Å². The molecule has 5 nitrogen and oxygen atoms in total. The molecule has 1 aromatic rings. The minimum Gasteiger partial charge on any atom is -0.468 e. The van der Waals surface area contributed by atoms with Gasteiger partial charge in [0.1, 0.15) is 0 Å². The van der Waals surface area contributed by atoms with Crippen molar-refractivity contribution >= 4 is 5.97 Å². The first-order valence-electron chi connectivity index (χ1n) is 5.21. The van der Waals surface area contributed by atoms with Crippen LogP contribution in [0.25, 0.3) is 10.4 Å². The molecule has 0 atom stereocenters. The molecule has 1 aromatic carbocycles. The van der Waals surface area contributed by atoms with Gasteiger partial charge in [-0.1, -0.05) is 29.4 Å². The summed E-state index contributed by atoms with van der Waals surface area (Å²) in [6.07, 6.45) is 0. The molecule has 0 aromatic heterocycles. The summed E-state index contributed by atoms with van der Waals surface area (Å²) in [4.78, 5) is 14.3. The van der Waals surface area contributed by atoms with Gasteiger partial charge in [-0.3, -0.25) is 4.79 Å². The molecule has 0 radical (unpaired) electrons. The standard InChI is InChI=1S/C12H15N3O2/c1-12(2,11(16)17-3)10-6-4-9(5-7-10)8-14-15-13/h4-7H,8H2,1-3H3. The van der Waals surface area contributed by atoms with Gasteiger partial charge >= 0.3 is 5.97 Å². The minimum atomic E-state index is -0.675. The highest BCUT2D eigenvalue weighted by Crippen LogP contribution is 2.24. The Balaban J connectivity index is 2.94. The van der Waals surface area contributed by atoms with Gasteiger partial charge in [-0.15, -0.1) is 0 Å². The van der Waals surface area contributed by atoms with Crippen molar-refractivity contribution in [3.63, 3.8) is 0 Å². The van der Waals surface area contributed by atoms with Crippen LogP contribution in [0.2, 0.25) is 0 Å². The SMILES string of the molecule is COC(=O)C(C)(C)c1ccc(CN=[N+]=[N-])cc1. The van der Waals surface area contributed by atoms with Crippen molar-refractivity contribution in [2.45, 2.75) is 25.8 Å². The summed E-state index contributed by atoms with van der Waals surface area (Å²) in [5, 5.41) is 3.47. The first-order chi connectivity index (χ1) is 8.02. The van der Waals surface area contributed by atoms with E-state index in [2.05, 4.69) is 10.0 Å². The van der Waals surface area contributed by atoms with Crippen LogP contribution in [0.5, 0.6) is 0 Å². The number of rotatable bonds is 4. The molecule has 0 heterocycles. The second kappa shape index (κ2) is 5.37. The molecule has 0 fully saturated rings. The van der Waals surface area contributed by atoms with Crippen LogP contribution in [0, 0.1) is 0 Å². The fourth-order valence-corrected chi connectivity index (χ4v) is 1.51. The second-order valence-electron chi connectivity index (χ2n) is 4.20. The van der Waals surface area contributed by atoms with E-state index >= 15 is 0 Å². The van der Waals surface area contributed by atoms with Crippen molar-refractivity contribution in [1.82, 2.24) is 0 Å². The molecule has 0 aliphatic heterocycles. The van der Waals surface area contributed by atoms with Crippen LogP contribution in [-0.2, 0) is 21.5 Å². The molecule has 17 heavy (non-hydrogen) atoms. The molecular weight excluding hydrogens is 218 g/mol. The van der Waals surface area contributed by atoms with Crippen LogP contribution in [0.15, 0.2) is 29.4 Å². The summed E-state index contributed by atoms with van der Waals surface area (Å²) in [6, 6.07) is 7.38. The lowest BCUT2D eigenvalue weighted by Crippen LogP contribution is -2.30. The maximum Gasteiger partial charge on any atom is 0.315 e. The number of hydrogen-bond donors (Lipinski definition) is 0. The summed E-state index contributed by atoms with van der Waals surface area (Å²) >= 11 is 0. The lowest BCUT2D eigenvalue weighted by Gasteiger charge is -2.22. The predicted molar refractivity (Wildman–Crippen MR) is 64.3 cm³/mol. The Bertz CT molecular complexity index is 445. The number of hydrogen-bond acceptors (Lipinski definition) is 3. The Hall–Kier alpha value is -2.00. The zero-order chi connectivity index (χ0) is 12.9. The van der Waals surface area contributed by atoms with Crippen LogP contribution in [0.3, 0.4) is 0 Å². The van der Waals surface area contributed by atoms with Crippen LogP contribution >= 0.6 is 0 Å². The van der Waals surface area contributed by atoms with Crippen molar-refractivity contribution in [3.8, 4) is 0 Å². The molecule has 1 rings (SSSR count). The fourth-order valence-electron chi connectivity index (χ4n) is 1.51. The topological polar surface area (TPSA) is 75.1 Å². The molecule has 0 N–H and O–H groups in total. The Morgan fingerprint density at radius 1 is 1.41 bits per heavy atom. The van der Waals surface area contributed by atoms with E-state index in [1.165, 1.54) is 7.11 Å². The summed E-state index contributed by atoms with van der Waals surface area (Å²) in [5.74, 6) is -0.278. The number of carbonyl (C=O) groups excluding carboxylic acids is 1. The van der Waals surface area contributed by atoms with E-state index in [0.717, 1.165) is 11.1 Å². The van der Waals surface area contributed by atoms with Gasteiger partial charge in [0.15, 0.2) is 0 Å². The highest BCUT2D eigenvalue weighted by Gasteiger charge is 2.30. The number of nitrogens with zero attached hydrogens (tertiary/aromatic N) is 3. The first kappa shape index (κ1) is 13.1. The average Bonchev–Trinajstić information content (AvgIpc) is 2.35. The Kier molecular flexibility index (Phi) is 4.12. The number of azide groups is 1. The van der Waals surface area contributed by atoms with Crippen LogP contribution < -0.4 is 0 Å². The maximum atomic E-state index is 11.6. The molecule has 90 valence electrons. The van der Waals surface area contributed by atoms with E-state index < -0.39 is 5.41 Å². The van der Waals surface area contributed by atoms with Gasteiger partial charge in [-0.05, 0) is 30.5 Å². The van der Waals surface area contributed by atoms with Gasteiger partial charge < -0.3 is 4.74 Å². The Morgan fingerprint density at radius 3 is 2.47 bits per heavy atom. The van der Waals surface area contributed by atoms with Gasteiger partial charge in [0.2, 0.25) is 0 Å². The van der Waals surface area contributed by atoms with Crippen molar-refractivity contribution in [2.75, 3.05) is 7.11 Å². The molecule has 0 bridgehead atoms. The molecule has 0 spiro atoms. The monoisotopic (exact) mass is 233 g/mol. The molecule has 0 saturated heterocycles. The van der Waals surface area contributed by atoms with Crippen LogP contribution in [0.4, 0.5) is 0 Å². The molecule has 5 heteroatoms. The average molecular weight is 233 g/mol. The predicted octanol–water partition coefficient (Wildman–Crippen LogP) is 2.95. The van der Waals surface area contributed by atoms with E-state index in [0.29, 0.717) is 6.54 Å². The second-order valence-corrected chi connectivity index (χ2v) is 4.20. The maximum absolute atomic E-state index is 11.6. The molecule has 0 saturated carbocycles. The van der Waals surface area contributed by atoms with Crippen molar-refractivity contribution in [3.05, 3.63) is 45.8 Å². The Morgan fingerprint density at radius 2 is 2.00 bits per heavy atom. The quantitative estimate of drug-likeness (QED) is 0.347. The zero-order valence-corrected chi connectivity index (χ0v) is 10.2. The number of methoxy groups -OCH3 is 1. The van der Waals surface area contributed by atoms with E-state index in [9.17, 15) is 4.79 Å². The zero-order valence-electron chi connectivity index (χ0n) is 10.2. The van der Waals surface area contributed by atoms with Gasteiger partial charge in [0.05, 0.1) is 19.1 Å². The molecular formula is C12H15N3O2. The molecule has 0 aliphatic carbocycles. The number of carbonyl (C=O) groups is 1. The third kappa shape index (κ3) is 2.98. The summed E-state index contributed by atoms with van der Waals surface area (Å²) in [5.41, 5.74) is 9.32. The van der Waals surface area contributed by atoms with E-state index in [4.69, 9.17) is 10.3 Å². The van der Waals surface area contributed by atoms with E-state index in [1.54, 1.807) is 13.8 Å². The van der Waals surface area contributed by atoms with Crippen molar-refractivity contribution in [2.24, 2.45) is 5.11 Å². The minimum absolute atomic E-state index is 0.278. The lowest BCUT2D eigenvalue weighted by atomic mass is 9.84. The van der Waals surface area contributed by atoms with Crippen LogP contribution in [0.1, 0.15) is 25.0 Å². The van der Waals surface area contributed by atoms with Crippen molar-refractivity contribution < 1.29 is 9.53 Å². The summed E-state index contributed by atoms with van der Waals surface area (Å²) in [7, 11) is 1.38. The van der Waals surface area contributed by atoms with Gasteiger partial charge in [-0.25, -0.2) is 0 Å². The van der Waals surface area contributed by atoms with E-state index in [-0.39, 0.29) is 5.97 Å². The first-order valence-corrected chi connectivity index (χ1v) is 5.21. The van der Waals surface area contributed by atoms with Gasteiger partial charge in [0.25, 0.3) is 0 Å². The highest BCUT2D eigenvalue weighted by molar-refractivity contribution is 5.82. The van der Waals surface area contributed by atoms with Gasteiger partial charge in [-0.2, -0.15) is 0 Å². The lowest BCUT2D eigenvalue weighted by molar-refractivity contribution is -0.146. The fraction of sp³-hybridized carbons (Fsp3) is 0.417. The summed E-state index contributed by atoms with van der Waals surface area (Å²) < 4.78 is 4.76. The molecule has 0 aliphatic rings. The van der Waals surface area contributed by atoms with Gasteiger partial charge in [0, 0.05) is 4.91 Å². The van der Waals surface area contributed by atoms with Crippen LogP contribution in [-0.4, -0.2) is 13.1 Å². The number of esters is 1. The van der Waals surface area contributed by atoms with Crippen molar-refractivity contribution in [1.29, 1.82) is 0 Å². The third-order valence-electron chi connectivity index (χ3n) is 2.69. The third-order valence-corrected chi connectivity index (χ3v) is 2.69. The number of benzene rings is 1. The molecule has 0 unspecified atom stereocenters.